The highest BCUT2D eigenvalue weighted by atomic mass is 31.2. The molecular formula is C81H154N2O7P+. The SMILES string of the molecule is CCCCC/C=C\C/C=C\C/C=C\CCCCCCCCCCCCCCC(=O)OC(/C=C/CCCCCCCCCCCCC)C(COP(=O)(O)OCC[N+](C)(C)C)NC(=O)CCCCCCCCCCCCCCCCCCC/C=C/CCCCCCCC. The van der Waals surface area contributed by atoms with Crippen LogP contribution in [0, 0.1) is 0 Å². The van der Waals surface area contributed by atoms with Crippen molar-refractivity contribution in [3.8, 4) is 0 Å². The zero-order chi connectivity index (χ0) is 66.3. The number of amides is 1. The fraction of sp³-hybridized carbons (Fsp3) is 0.852. The second-order valence-electron chi connectivity index (χ2n) is 28.2. The highest BCUT2D eigenvalue weighted by molar-refractivity contribution is 7.47. The molecule has 0 aliphatic rings. The third kappa shape index (κ3) is 71.8. The fourth-order valence-corrected chi connectivity index (χ4v) is 12.6. The molecule has 0 spiro atoms. The summed E-state index contributed by atoms with van der Waals surface area (Å²) in [4.78, 5) is 38.1. The molecule has 534 valence electrons. The van der Waals surface area contributed by atoms with E-state index in [-0.39, 0.29) is 25.1 Å². The van der Waals surface area contributed by atoms with Crippen molar-refractivity contribution in [3.63, 3.8) is 0 Å². The Morgan fingerprint density at radius 2 is 0.670 bits per heavy atom. The molecule has 10 heteroatoms. The summed E-state index contributed by atoms with van der Waals surface area (Å²) in [6.45, 7) is 7.05. The summed E-state index contributed by atoms with van der Waals surface area (Å²) in [5.41, 5.74) is 0. The molecule has 0 saturated carbocycles. The lowest BCUT2D eigenvalue weighted by Gasteiger charge is -2.27. The molecule has 0 aliphatic carbocycles. The van der Waals surface area contributed by atoms with Crippen LogP contribution in [0.4, 0.5) is 0 Å². The lowest BCUT2D eigenvalue weighted by Crippen LogP contribution is -2.47. The molecule has 3 unspecified atom stereocenters. The van der Waals surface area contributed by atoms with Crippen molar-refractivity contribution in [2.24, 2.45) is 0 Å². The molecule has 1 amide bonds. The second-order valence-corrected chi connectivity index (χ2v) is 29.7. The Kier molecular flexibility index (Phi) is 68.7. The van der Waals surface area contributed by atoms with Gasteiger partial charge in [0.2, 0.25) is 5.91 Å². The van der Waals surface area contributed by atoms with Gasteiger partial charge in [-0.25, -0.2) is 4.57 Å². The summed E-state index contributed by atoms with van der Waals surface area (Å²) in [5, 5.41) is 3.09. The van der Waals surface area contributed by atoms with Crippen molar-refractivity contribution >= 4 is 19.7 Å². The quantitative estimate of drug-likeness (QED) is 0.0205. The smallest absolute Gasteiger partial charge is 0.456 e. The average Bonchev–Trinajstić information content (AvgIpc) is 3.70. The molecule has 0 aromatic heterocycles. The number of quaternary nitrogens is 1. The first-order valence-corrected chi connectivity index (χ1v) is 41.1. The van der Waals surface area contributed by atoms with Crippen LogP contribution in [0.5, 0.6) is 0 Å². The summed E-state index contributed by atoms with van der Waals surface area (Å²) in [6, 6.07) is -0.850. The van der Waals surface area contributed by atoms with Crippen LogP contribution >= 0.6 is 7.82 Å². The number of ether oxygens (including phenoxy) is 1. The van der Waals surface area contributed by atoms with Gasteiger partial charge in [-0.05, 0) is 96.0 Å². The largest absolute Gasteiger partial charge is 0.472 e. The van der Waals surface area contributed by atoms with E-state index in [9.17, 15) is 19.0 Å². The molecule has 0 rings (SSSR count). The van der Waals surface area contributed by atoms with E-state index in [1.807, 2.05) is 27.2 Å². The summed E-state index contributed by atoms with van der Waals surface area (Å²) >= 11 is 0. The van der Waals surface area contributed by atoms with Crippen LogP contribution in [0.1, 0.15) is 393 Å². The molecule has 0 heterocycles. The van der Waals surface area contributed by atoms with Crippen LogP contribution in [-0.2, 0) is 27.9 Å². The van der Waals surface area contributed by atoms with Gasteiger partial charge >= 0.3 is 13.8 Å². The molecule has 0 saturated heterocycles. The molecule has 0 aromatic rings. The van der Waals surface area contributed by atoms with Gasteiger partial charge in [0.1, 0.15) is 19.3 Å². The summed E-state index contributed by atoms with van der Waals surface area (Å²) < 4.78 is 30.9. The highest BCUT2D eigenvalue weighted by Gasteiger charge is 2.30. The zero-order valence-electron chi connectivity index (χ0n) is 61.4. The maximum absolute atomic E-state index is 13.7. The molecule has 0 aromatic carbocycles. The van der Waals surface area contributed by atoms with Gasteiger partial charge < -0.3 is 19.4 Å². The Balaban J connectivity index is 4.95. The van der Waals surface area contributed by atoms with E-state index >= 15 is 0 Å². The summed E-state index contributed by atoms with van der Waals surface area (Å²) in [7, 11) is 1.51. The molecule has 9 nitrogen and oxygen atoms in total. The summed E-state index contributed by atoms with van der Waals surface area (Å²) in [5.74, 6) is -0.488. The van der Waals surface area contributed by atoms with E-state index in [1.165, 1.54) is 289 Å². The van der Waals surface area contributed by atoms with E-state index in [2.05, 4.69) is 80.8 Å². The first-order chi connectivity index (χ1) is 44.4. The Hall–Kier alpha value is -2.29. The van der Waals surface area contributed by atoms with E-state index < -0.39 is 20.0 Å². The van der Waals surface area contributed by atoms with Crippen molar-refractivity contribution in [2.75, 3.05) is 40.9 Å². The van der Waals surface area contributed by atoms with Crippen molar-refractivity contribution in [1.82, 2.24) is 5.32 Å². The number of allylic oxidation sites excluding steroid dienone is 9. The highest BCUT2D eigenvalue weighted by Crippen LogP contribution is 2.43. The van der Waals surface area contributed by atoms with Gasteiger partial charge in [-0.3, -0.25) is 18.6 Å². The second kappa shape index (κ2) is 70.5. The number of carbonyl (C=O) groups excluding carboxylic acids is 2. The minimum atomic E-state index is -4.46. The number of phosphoric ester groups is 1. The summed E-state index contributed by atoms with van der Waals surface area (Å²) in [6.07, 6.45) is 92.5. The van der Waals surface area contributed by atoms with Gasteiger partial charge in [-0.15, -0.1) is 0 Å². The Labute approximate surface area is 566 Å². The number of unbranched alkanes of at least 4 members (excludes halogenated alkanes) is 49. The Bertz CT molecular complexity index is 1740. The normalized spacial score (nSPS) is 13.7. The minimum absolute atomic E-state index is 0.0412. The standard InChI is InChI=1S/C81H153N2O7P/c1-7-10-13-16-19-22-25-28-30-32-34-36-38-40-41-43-44-46-48-50-52-55-58-61-64-67-70-73-80(84)82-78(77-89-91(86,87)88-76-75-83(4,5)6)79(72-69-66-63-60-57-54-27-24-21-18-15-12-9-3)90-81(85)74-71-68-65-62-59-56-53-51-49-47-45-42-39-37-35-33-31-29-26-23-20-17-14-11-8-2/h20,23,28-31,35,37,69,72,78-79H,7-19,21-22,24-27,32-34,36,38-68,70-71,73-77H2,1-6H3,(H-,82,84,86,87)/p+1/b23-20-,30-28+,31-29-,37-35-,72-69+. The van der Waals surface area contributed by atoms with Gasteiger partial charge in [0.05, 0.1) is 33.8 Å². The average molecular weight is 1300 g/mol. The monoisotopic (exact) mass is 1300 g/mol. The van der Waals surface area contributed by atoms with Crippen LogP contribution < -0.4 is 5.32 Å². The maximum atomic E-state index is 13.7. The fourth-order valence-electron chi connectivity index (χ4n) is 11.8. The van der Waals surface area contributed by atoms with Crippen LogP contribution in [-0.4, -0.2) is 74.3 Å². The molecule has 0 aliphatic heterocycles. The van der Waals surface area contributed by atoms with Gasteiger partial charge in [-0.1, -0.05) is 345 Å². The van der Waals surface area contributed by atoms with Crippen LogP contribution in [0.2, 0.25) is 0 Å². The maximum Gasteiger partial charge on any atom is 0.472 e. The molecule has 0 bridgehead atoms. The van der Waals surface area contributed by atoms with Gasteiger partial charge in [0.15, 0.2) is 0 Å². The molecule has 91 heavy (non-hydrogen) atoms. The minimum Gasteiger partial charge on any atom is -0.456 e. The molecule has 0 fully saturated rings. The number of nitrogens with one attached hydrogen (secondary N) is 1. The molecule has 3 atom stereocenters. The van der Waals surface area contributed by atoms with E-state index in [0.717, 1.165) is 70.6 Å². The van der Waals surface area contributed by atoms with E-state index in [4.69, 9.17) is 13.8 Å². The van der Waals surface area contributed by atoms with E-state index in [0.29, 0.717) is 23.9 Å². The third-order valence-corrected chi connectivity index (χ3v) is 18.9. The van der Waals surface area contributed by atoms with Crippen LogP contribution in [0.3, 0.4) is 0 Å². The Morgan fingerprint density at radius 3 is 1.03 bits per heavy atom. The topological polar surface area (TPSA) is 111 Å². The first-order valence-electron chi connectivity index (χ1n) is 39.6. The number of esters is 1. The van der Waals surface area contributed by atoms with Crippen LogP contribution in [0.25, 0.3) is 0 Å². The van der Waals surface area contributed by atoms with Crippen molar-refractivity contribution in [1.29, 1.82) is 0 Å². The number of likely N-dealkylation sites (N-methyl/N-ethyl adjacent to an activating group) is 1. The predicted octanol–water partition coefficient (Wildman–Crippen LogP) is 25.7. The molecule has 2 N–H and O–H groups in total. The number of carbonyl (C=O) groups is 2. The lowest BCUT2D eigenvalue weighted by atomic mass is 10.0. The third-order valence-electron chi connectivity index (χ3n) is 17.9. The van der Waals surface area contributed by atoms with Gasteiger partial charge in [0.25, 0.3) is 0 Å². The van der Waals surface area contributed by atoms with Gasteiger partial charge in [0, 0.05) is 12.8 Å². The molecular weight excluding hydrogens is 1140 g/mol. The number of hydrogen-bond donors (Lipinski definition) is 2. The number of nitrogens with zero attached hydrogens (tertiary/aromatic N) is 1. The Morgan fingerprint density at radius 1 is 0.385 bits per heavy atom. The first kappa shape index (κ1) is 88.7. The molecule has 0 radical (unpaired) electrons. The van der Waals surface area contributed by atoms with Crippen molar-refractivity contribution in [3.05, 3.63) is 60.8 Å². The van der Waals surface area contributed by atoms with Crippen molar-refractivity contribution < 1.29 is 37.3 Å². The zero-order valence-corrected chi connectivity index (χ0v) is 62.2. The lowest BCUT2D eigenvalue weighted by molar-refractivity contribution is -0.870. The number of hydrogen-bond acceptors (Lipinski definition) is 6. The predicted molar refractivity (Wildman–Crippen MR) is 397 cm³/mol. The van der Waals surface area contributed by atoms with Gasteiger partial charge in [-0.2, -0.15) is 0 Å². The number of phosphoric acid groups is 1. The van der Waals surface area contributed by atoms with Crippen LogP contribution in [0.15, 0.2) is 60.8 Å². The number of rotatable bonds is 73. The van der Waals surface area contributed by atoms with Crippen molar-refractivity contribution in [2.45, 2.75) is 405 Å². The van der Waals surface area contributed by atoms with E-state index in [1.54, 1.807) is 0 Å².